The number of likely N-dealkylation sites (N-methyl/N-ethyl adjacent to an activating group) is 1. The number of anilines is 1. The predicted molar refractivity (Wildman–Crippen MR) is 100 cm³/mol. The van der Waals surface area contributed by atoms with Gasteiger partial charge in [-0.15, -0.1) is 0 Å². The Kier molecular flexibility index (Phi) is 7.25. The number of amides is 3. The standard InChI is InChI=1S/C17H22Cl2N4O3/c1-22(9-15(24)21-12-4-5-13(18)14(19)7-12)16(25)10-23-6-2-3-11(8-23)17(20)26/h4-5,7,11H,2-3,6,8-10H2,1H3,(H2,20,26)(H,21,24)/p+1/t11-/m0/s1. The SMILES string of the molecule is CN(CC(=O)Nc1ccc(Cl)c(Cl)c1)C(=O)C[NH+]1CCC[C@H](C(N)=O)C1. The van der Waals surface area contributed by atoms with Crippen molar-refractivity contribution in [1.82, 2.24) is 4.90 Å². The minimum Gasteiger partial charge on any atom is -0.369 e. The molecule has 26 heavy (non-hydrogen) atoms. The van der Waals surface area contributed by atoms with Crippen LogP contribution in [0.4, 0.5) is 5.69 Å². The summed E-state index contributed by atoms with van der Waals surface area (Å²) in [7, 11) is 1.58. The second-order valence-electron chi connectivity index (χ2n) is 6.55. The van der Waals surface area contributed by atoms with E-state index >= 15 is 0 Å². The first-order chi connectivity index (χ1) is 12.3. The Morgan fingerprint density at radius 2 is 2.04 bits per heavy atom. The van der Waals surface area contributed by atoms with Crippen LogP contribution in [0, 0.1) is 5.92 Å². The van der Waals surface area contributed by atoms with Crippen molar-refractivity contribution in [2.75, 3.05) is 38.5 Å². The summed E-state index contributed by atoms with van der Waals surface area (Å²) in [5.74, 6) is -0.990. The number of carbonyl (C=O) groups is 3. The molecule has 1 aliphatic rings. The lowest BCUT2D eigenvalue weighted by molar-refractivity contribution is -0.899. The fourth-order valence-electron chi connectivity index (χ4n) is 2.98. The van der Waals surface area contributed by atoms with Crippen LogP contribution in [0.25, 0.3) is 0 Å². The molecule has 0 radical (unpaired) electrons. The van der Waals surface area contributed by atoms with Crippen molar-refractivity contribution < 1.29 is 19.3 Å². The van der Waals surface area contributed by atoms with Crippen LogP contribution in [0.1, 0.15) is 12.8 Å². The van der Waals surface area contributed by atoms with Gasteiger partial charge in [-0.3, -0.25) is 14.4 Å². The smallest absolute Gasteiger partial charge is 0.277 e. The Morgan fingerprint density at radius 1 is 1.31 bits per heavy atom. The summed E-state index contributed by atoms with van der Waals surface area (Å²) in [5.41, 5.74) is 5.87. The number of nitrogens with one attached hydrogen (secondary N) is 2. The molecule has 1 aromatic rings. The van der Waals surface area contributed by atoms with Gasteiger partial charge in [-0.25, -0.2) is 0 Å². The Balaban J connectivity index is 1.83. The third kappa shape index (κ3) is 5.86. The minimum atomic E-state index is -0.331. The molecule has 0 aromatic heterocycles. The number of likely N-dealkylation sites (tertiary alicyclic amines) is 1. The van der Waals surface area contributed by atoms with Crippen LogP contribution in [0.5, 0.6) is 0 Å². The number of rotatable bonds is 6. The summed E-state index contributed by atoms with van der Waals surface area (Å²) >= 11 is 11.7. The van der Waals surface area contributed by atoms with Crippen molar-refractivity contribution in [2.45, 2.75) is 12.8 Å². The Labute approximate surface area is 162 Å². The number of halogens is 2. The average Bonchev–Trinajstić information content (AvgIpc) is 2.58. The molecule has 0 spiro atoms. The fourth-order valence-corrected chi connectivity index (χ4v) is 3.28. The van der Waals surface area contributed by atoms with E-state index in [1.807, 2.05) is 0 Å². The third-order valence-corrected chi connectivity index (χ3v) is 5.17. The molecule has 0 aliphatic carbocycles. The second-order valence-corrected chi connectivity index (χ2v) is 7.36. The number of piperidine rings is 1. The van der Waals surface area contributed by atoms with E-state index in [0.29, 0.717) is 22.3 Å². The Morgan fingerprint density at radius 3 is 2.69 bits per heavy atom. The molecule has 1 aromatic carbocycles. The molecule has 3 amide bonds. The van der Waals surface area contributed by atoms with Gasteiger partial charge in [-0.2, -0.15) is 0 Å². The van der Waals surface area contributed by atoms with Gasteiger partial charge < -0.3 is 20.9 Å². The van der Waals surface area contributed by atoms with Gasteiger partial charge >= 0.3 is 0 Å². The zero-order valence-corrected chi connectivity index (χ0v) is 16.1. The van der Waals surface area contributed by atoms with Crippen LogP contribution >= 0.6 is 23.2 Å². The number of nitrogens with two attached hydrogens (primary N) is 1. The molecule has 7 nitrogen and oxygen atoms in total. The van der Waals surface area contributed by atoms with E-state index in [9.17, 15) is 14.4 Å². The molecule has 2 atom stereocenters. The van der Waals surface area contributed by atoms with E-state index in [0.717, 1.165) is 24.3 Å². The molecule has 1 saturated heterocycles. The van der Waals surface area contributed by atoms with Crippen molar-refractivity contribution in [3.05, 3.63) is 28.2 Å². The van der Waals surface area contributed by atoms with E-state index in [4.69, 9.17) is 28.9 Å². The average molecular weight is 402 g/mol. The van der Waals surface area contributed by atoms with E-state index in [1.54, 1.807) is 25.2 Å². The maximum atomic E-state index is 12.3. The highest BCUT2D eigenvalue weighted by Crippen LogP contribution is 2.24. The number of quaternary nitrogens is 1. The van der Waals surface area contributed by atoms with Gasteiger partial charge in [-0.1, -0.05) is 23.2 Å². The van der Waals surface area contributed by atoms with Crippen LogP contribution in [0.3, 0.4) is 0 Å². The molecule has 1 fully saturated rings. The highest BCUT2D eigenvalue weighted by atomic mass is 35.5. The maximum absolute atomic E-state index is 12.3. The summed E-state index contributed by atoms with van der Waals surface area (Å²) in [6.07, 6.45) is 1.63. The summed E-state index contributed by atoms with van der Waals surface area (Å²) in [6, 6.07) is 4.77. The highest BCUT2D eigenvalue weighted by molar-refractivity contribution is 6.42. The summed E-state index contributed by atoms with van der Waals surface area (Å²) in [5, 5.41) is 3.42. The molecule has 0 bridgehead atoms. The molecular formula is C17H23Cl2N4O3+. The second kappa shape index (κ2) is 9.21. The van der Waals surface area contributed by atoms with Crippen molar-refractivity contribution in [3.63, 3.8) is 0 Å². The molecular weight excluding hydrogens is 379 g/mol. The lowest BCUT2D eigenvalue weighted by atomic mass is 9.97. The number of carbonyl (C=O) groups excluding carboxylic acids is 3. The molecule has 4 N–H and O–H groups in total. The third-order valence-electron chi connectivity index (χ3n) is 4.43. The number of hydrogen-bond donors (Lipinski definition) is 3. The van der Waals surface area contributed by atoms with Gasteiger partial charge in [-0.05, 0) is 31.0 Å². The summed E-state index contributed by atoms with van der Waals surface area (Å²) in [6.45, 7) is 1.54. The van der Waals surface area contributed by atoms with Crippen LogP contribution in [0.15, 0.2) is 18.2 Å². The lowest BCUT2D eigenvalue weighted by Gasteiger charge is -2.29. The quantitative estimate of drug-likeness (QED) is 0.633. The number of nitrogens with zero attached hydrogens (tertiary/aromatic N) is 1. The topological polar surface area (TPSA) is 96.9 Å². The number of benzene rings is 1. The Hall–Kier alpha value is -1.83. The first-order valence-corrected chi connectivity index (χ1v) is 9.13. The lowest BCUT2D eigenvalue weighted by Crippen LogP contribution is -3.14. The van der Waals surface area contributed by atoms with Crippen LogP contribution in [-0.2, 0) is 14.4 Å². The van der Waals surface area contributed by atoms with E-state index in [1.165, 1.54) is 4.90 Å². The van der Waals surface area contributed by atoms with E-state index < -0.39 is 0 Å². The molecule has 1 unspecified atom stereocenters. The van der Waals surface area contributed by atoms with Crippen LogP contribution in [0.2, 0.25) is 10.0 Å². The molecule has 0 saturated carbocycles. The predicted octanol–water partition coefficient (Wildman–Crippen LogP) is 0.171. The molecule has 1 aliphatic heterocycles. The fraction of sp³-hybridized carbons (Fsp3) is 0.471. The monoisotopic (exact) mass is 401 g/mol. The van der Waals surface area contributed by atoms with Crippen molar-refractivity contribution in [3.8, 4) is 0 Å². The normalized spacial score (nSPS) is 19.7. The molecule has 2 rings (SSSR count). The zero-order chi connectivity index (χ0) is 19.3. The maximum Gasteiger partial charge on any atom is 0.277 e. The van der Waals surface area contributed by atoms with E-state index in [-0.39, 0.29) is 36.7 Å². The minimum absolute atomic E-state index is 0.0778. The van der Waals surface area contributed by atoms with Crippen molar-refractivity contribution in [2.24, 2.45) is 11.7 Å². The van der Waals surface area contributed by atoms with Crippen LogP contribution < -0.4 is 16.0 Å². The first-order valence-electron chi connectivity index (χ1n) is 8.38. The summed E-state index contributed by atoms with van der Waals surface area (Å²) in [4.78, 5) is 38.2. The van der Waals surface area contributed by atoms with Gasteiger partial charge in [0.1, 0.15) is 0 Å². The van der Waals surface area contributed by atoms with Gasteiger partial charge in [0.25, 0.3) is 5.91 Å². The number of primary amides is 1. The molecule has 1 heterocycles. The Bertz CT molecular complexity index is 699. The van der Waals surface area contributed by atoms with Crippen molar-refractivity contribution in [1.29, 1.82) is 0 Å². The number of hydrogen-bond acceptors (Lipinski definition) is 3. The van der Waals surface area contributed by atoms with Gasteiger partial charge in [0.15, 0.2) is 6.54 Å². The van der Waals surface area contributed by atoms with Gasteiger partial charge in [0, 0.05) is 12.7 Å². The van der Waals surface area contributed by atoms with Crippen LogP contribution in [-0.4, -0.2) is 55.8 Å². The van der Waals surface area contributed by atoms with Gasteiger partial charge in [0.05, 0.1) is 35.6 Å². The first kappa shape index (κ1) is 20.5. The van der Waals surface area contributed by atoms with Gasteiger partial charge in [0.2, 0.25) is 11.8 Å². The highest BCUT2D eigenvalue weighted by Gasteiger charge is 2.29. The molecule has 9 heteroatoms. The van der Waals surface area contributed by atoms with Crippen molar-refractivity contribution >= 4 is 46.6 Å². The van der Waals surface area contributed by atoms with E-state index in [2.05, 4.69) is 5.32 Å². The zero-order valence-electron chi connectivity index (χ0n) is 14.6. The molecule has 142 valence electrons. The summed E-state index contributed by atoms with van der Waals surface area (Å²) < 4.78 is 0. The largest absolute Gasteiger partial charge is 0.369 e.